The summed E-state index contributed by atoms with van der Waals surface area (Å²) in [6.07, 6.45) is 1.34. The molecule has 0 heterocycles. The van der Waals surface area contributed by atoms with Crippen LogP contribution in [0.1, 0.15) is 31.9 Å². The highest BCUT2D eigenvalue weighted by Crippen LogP contribution is 2.26. The van der Waals surface area contributed by atoms with E-state index in [1.807, 2.05) is 0 Å². The third kappa shape index (κ3) is 8.64. The van der Waals surface area contributed by atoms with E-state index >= 15 is 0 Å². The lowest BCUT2D eigenvalue weighted by molar-refractivity contribution is -0.157. The number of anilines is 1. The van der Waals surface area contributed by atoms with E-state index in [0.717, 1.165) is 11.6 Å². The molecular formula is C28H30FN3O6S. The second kappa shape index (κ2) is 12.5. The Hall–Kier alpha value is -4.25. The minimum absolute atomic E-state index is 0.0818. The predicted octanol–water partition coefficient (Wildman–Crippen LogP) is 4.20. The van der Waals surface area contributed by atoms with Crippen molar-refractivity contribution >= 4 is 33.8 Å². The average Bonchev–Trinajstić information content (AvgIpc) is 2.86. The molecule has 11 heteroatoms. The van der Waals surface area contributed by atoms with Gasteiger partial charge in [0.15, 0.2) is 6.61 Å². The van der Waals surface area contributed by atoms with E-state index in [0.29, 0.717) is 15.6 Å². The van der Waals surface area contributed by atoms with Crippen molar-refractivity contribution in [3.05, 3.63) is 89.7 Å². The molecule has 0 saturated heterocycles. The Balaban J connectivity index is 1.66. The fourth-order valence-electron chi connectivity index (χ4n) is 3.30. The molecule has 1 amide bonds. The molecule has 0 aliphatic rings. The van der Waals surface area contributed by atoms with Gasteiger partial charge in [-0.25, -0.2) is 23.0 Å². The number of esters is 1. The van der Waals surface area contributed by atoms with E-state index in [2.05, 4.69) is 10.5 Å². The standard InChI is InChI=1S/C28H30FN3O6S/c1-20-9-15-23(16-10-20)39(35,36)32(25-8-6-5-7-24(25)29)18-26(33)31-30-17-21-11-13-22(14-12-21)37-19-27(34)38-28(2,3)4/h5-17H,18-19H2,1-4H3,(H,31,33)/b30-17-. The molecular weight excluding hydrogens is 525 g/mol. The lowest BCUT2D eigenvalue weighted by Gasteiger charge is -2.24. The number of halogens is 1. The lowest BCUT2D eigenvalue weighted by atomic mass is 10.2. The molecule has 3 rings (SSSR count). The summed E-state index contributed by atoms with van der Waals surface area (Å²) in [5, 5.41) is 3.87. The van der Waals surface area contributed by atoms with Crippen molar-refractivity contribution in [1.29, 1.82) is 0 Å². The first-order chi connectivity index (χ1) is 18.3. The first-order valence-electron chi connectivity index (χ1n) is 12.0. The fourth-order valence-corrected chi connectivity index (χ4v) is 4.73. The van der Waals surface area contributed by atoms with Gasteiger partial charge in [-0.05, 0) is 81.8 Å². The van der Waals surface area contributed by atoms with Gasteiger partial charge in [0.2, 0.25) is 0 Å². The summed E-state index contributed by atoms with van der Waals surface area (Å²) < 4.78 is 52.5. The van der Waals surface area contributed by atoms with Crippen LogP contribution in [0.4, 0.5) is 10.1 Å². The number of hydrogen-bond acceptors (Lipinski definition) is 7. The molecule has 0 aromatic heterocycles. The number of para-hydroxylation sites is 1. The Bertz CT molecular complexity index is 1430. The van der Waals surface area contributed by atoms with Gasteiger partial charge < -0.3 is 9.47 Å². The van der Waals surface area contributed by atoms with Crippen LogP contribution in [0.3, 0.4) is 0 Å². The van der Waals surface area contributed by atoms with E-state index in [1.165, 1.54) is 36.5 Å². The molecule has 0 unspecified atom stereocenters. The van der Waals surface area contributed by atoms with Crippen LogP contribution >= 0.6 is 0 Å². The zero-order chi connectivity index (χ0) is 28.6. The third-order valence-corrected chi connectivity index (χ3v) is 6.85. The fraction of sp³-hybridized carbons (Fsp3) is 0.250. The topological polar surface area (TPSA) is 114 Å². The molecule has 206 valence electrons. The summed E-state index contributed by atoms with van der Waals surface area (Å²) in [4.78, 5) is 24.3. The molecule has 0 bridgehead atoms. The largest absolute Gasteiger partial charge is 0.482 e. The SMILES string of the molecule is Cc1ccc(S(=O)(=O)N(CC(=O)N/N=C\c2ccc(OCC(=O)OC(C)(C)C)cc2)c2ccccc2F)cc1. The second-order valence-corrected chi connectivity index (χ2v) is 11.4. The summed E-state index contributed by atoms with van der Waals surface area (Å²) in [7, 11) is -4.26. The molecule has 0 aliphatic heterocycles. The van der Waals surface area contributed by atoms with Crippen LogP contribution in [0.2, 0.25) is 0 Å². The second-order valence-electron chi connectivity index (χ2n) is 9.51. The summed E-state index contributed by atoms with van der Waals surface area (Å²) in [6, 6.07) is 17.8. The monoisotopic (exact) mass is 555 g/mol. The number of nitrogens with zero attached hydrogens (tertiary/aromatic N) is 2. The Morgan fingerprint density at radius 3 is 2.26 bits per heavy atom. The Labute approximate surface area is 227 Å². The highest BCUT2D eigenvalue weighted by atomic mass is 32.2. The quantitative estimate of drug-likeness (QED) is 0.228. The molecule has 0 aliphatic carbocycles. The van der Waals surface area contributed by atoms with Crippen LogP contribution < -0.4 is 14.5 Å². The summed E-state index contributed by atoms with van der Waals surface area (Å²) >= 11 is 0. The maximum absolute atomic E-state index is 14.6. The number of hydrazone groups is 1. The van der Waals surface area contributed by atoms with E-state index in [-0.39, 0.29) is 17.2 Å². The summed E-state index contributed by atoms with van der Waals surface area (Å²) in [5.74, 6) is -1.63. The number of sulfonamides is 1. The molecule has 3 aromatic rings. The molecule has 0 radical (unpaired) electrons. The maximum Gasteiger partial charge on any atom is 0.344 e. The number of rotatable bonds is 10. The number of aryl methyl sites for hydroxylation is 1. The van der Waals surface area contributed by atoms with Crippen molar-refractivity contribution < 1.29 is 31.9 Å². The van der Waals surface area contributed by atoms with Crippen molar-refractivity contribution in [2.45, 2.75) is 38.2 Å². The van der Waals surface area contributed by atoms with Crippen molar-refractivity contribution in [3.8, 4) is 5.75 Å². The van der Waals surface area contributed by atoms with E-state index in [9.17, 15) is 22.4 Å². The number of amides is 1. The van der Waals surface area contributed by atoms with E-state index in [4.69, 9.17) is 9.47 Å². The normalized spacial score (nSPS) is 11.7. The smallest absolute Gasteiger partial charge is 0.344 e. The minimum Gasteiger partial charge on any atom is -0.482 e. The van der Waals surface area contributed by atoms with Crippen LogP contribution in [0.5, 0.6) is 5.75 Å². The summed E-state index contributed by atoms with van der Waals surface area (Å²) in [6.45, 7) is 6.15. The number of carbonyl (C=O) groups is 2. The maximum atomic E-state index is 14.6. The van der Waals surface area contributed by atoms with E-state index in [1.54, 1.807) is 64.1 Å². The van der Waals surface area contributed by atoms with Crippen molar-refractivity contribution in [3.63, 3.8) is 0 Å². The number of carbonyl (C=O) groups excluding carboxylic acids is 2. The van der Waals surface area contributed by atoms with Crippen molar-refractivity contribution in [2.24, 2.45) is 5.10 Å². The highest BCUT2D eigenvalue weighted by molar-refractivity contribution is 7.92. The Morgan fingerprint density at radius 2 is 1.64 bits per heavy atom. The number of benzene rings is 3. The Kier molecular flexibility index (Phi) is 9.42. The lowest BCUT2D eigenvalue weighted by Crippen LogP contribution is -2.40. The predicted molar refractivity (Wildman–Crippen MR) is 146 cm³/mol. The molecule has 1 N–H and O–H groups in total. The van der Waals surface area contributed by atoms with Crippen molar-refractivity contribution in [1.82, 2.24) is 5.43 Å². The van der Waals surface area contributed by atoms with Gasteiger partial charge in [0, 0.05) is 0 Å². The Morgan fingerprint density at radius 1 is 1.00 bits per heavy atom. The molecule has 3 aromatic carbocycles. The number of hydrogen-bond donors (Lipinski definition) is 1. The first-order valence-corrected chi connectivity index (χ1v) is 13.4. The van der Waals surface area contributed by atoms with Crippen LogP contribution in [0, 0.1) is 12.7 Å². The molecule has 0 fully saturated rings. The molecule has 9 nitrogen and oxygen atoms in total. The van der Waals surface area contributed by atoms with Gasteiger partial charge in [0.05, 0.1) is 16.8 Å². The van der Waals surface area contributed by atoms with Gasteiger partial charge in [-0.1, -0.05) is 29.8 Å². The molecule has 0 spiro atoms. The van der Waals surface area contributed by atoms with Crippen LogP contribution in [0.15, 0.2) is 82.8 Å². The zero-order valence-corrected chi connectivity index (χ0v) is 22.9. The van der Waals surface area contributed by atoms with Gasteiger partial charge in [0.25, 0.3) is 15.9 Å². The van der Waals surface area contributed by atoms with Crippen LogP contribution in [0.25, 0.3) is 0 Å². The highest BCUT2D eigenvalue weighted by Gasteiger charge is 2.29. The summed E-state index contributed by atoms with van der Waals surface area (Å²) in [5.41, 5.74) is 2.84. The van der Waals surface area contributed by atoms with Crippen molar-refractivity contribution in [2.75, 3.05) is 17.5 Å². The van der Waals surface area contributed by atoms with Gasteiger partial charge in [0.1, 0.15) is 23.7 Å². The zero-order valence-electron chi connectivity index (χ0n) is 22.0. The van der Waals surface area contributed by atoms with Crippen LogP contribution in [-0.4, -0.2) is 45.3 Å². The third-order valence-electron chi connectivity index (χ3n) is 5.08. The van der Waals surface area contributed by atoms with Gasteiger partial charge in [-0.2, -0.15) is 5.10 Å². The van der Waals surface area contributed by atoms with Crippen LogP contribution in [-0.2, 0) is 24.3 Å². The molecule has 0 atom stereocenters. The average molecular weight is 556 g/mol. The molecule has 39 heavy (non-hydrogen) atoms. The van der Waals surface area contributed by atoms with Gasteiger partial charge in [-0.3, -0.25) is 9.10 Å². The number of ether oxygens (including phenoxy) is 2. The van der Waals surface area contributed by atoms with Gasteiger partial charge in [-0.15, -0.1) is 0 Å². The minimum atomic E-state index is -4.26. The number of nitrogens with one attached hydrogen (secondary N) is 1. The molecule has 0 saturated carbocycles. The van der Waals surface area contributed by atoms with Gasteiger partial charge >= 0.3 is 5.97 Å². The van der Waals surface area contributed by atoms with E-state index < -0.39 is 39.9 Å². The first kappa shape index (κ1) is 29.3.